The Hall–Kier alpha value is -0.810. The molecule has 0 radical (unpaired) electrons. The van der Waals surface area contributed by atoms with Crippen LogP contribution in [-0.2, 0) is 4.74 Å². The zero-order valence-electron chi connectivity index (χ0n) is 13.5. The van der Waals surface area contributed by atoms with Gasteiger partial charge in [-0.15, -0.1) is 0 Å². The third kappa shape index (κ3) is 3.89. The summed E-state index contributed by atoms with van der Waals surface area (Å²) in [6, 6.07) is 0.351. The fourth-order valence-corrected chi connectivity index (χ4v) is 3.85. The normalized spacial score (nSPS) is 33.6. The van der Waals surface area contributed by atoms with Crippen LogP contribution in [0.15, 0.2) is 0 Å². The zero-order chi connectivity index (χ0) is 15.0. The maximum absolute atomic E-state index is 11.8. The van der Waals surface area contributed by atoms with Gasteiger partial charge in [-0.1, -0.05) is 0 Å². The highest BCUT2D eigenvalue weighted by Crippen LogP contribution is 2.45. The lowest BCUT2D eigenvalue weighted by molar-refractivity contribution is 0.0513. The molecule has 2 heterocycles. The van der Waals surface area contributed by atoms with Crippen LogP contribution in [0.4, 0.5) is 4.79 Å². The van der Waals surface area contributed by atoms with Gasteiger partial charge >= 0.3 is 6.09 Å². The highest BCUT2D eigenvalue weighted by atomic mass is 16.6. The number of ether oxygens (including phenoxy) is 1. The lowest BCUT2D eigenvalue weighted by Gasteiger charge is -2.28. The van der Waals surface area contributed by atoms with Crippen molar-refractivity contribution in [2.24, 2.45) is 17.8 Å². The molecule has 3 atom stereocenters. The number of alkyl carbamates (subject to hydrolysis) is 1. The summed E-state index contributed by atoms with van der Waals surface area (Å²) in [4.78, 5) is 14.4. The van der Waals surface area contributed by atoms with Gasteiger partial charge in [0.05, 0.1) is 0 Å². The standard InChI is InChI=1S/C16H29N3O2/c1-16(2,3)21-15(20)18-14-12-9-19(10-13(12)14)8-11-4-6-17-7-5-11/h11-14,17H,4-10H2,1-3H3,(H,18,20)/t12-,13+,14?. The molecule has 21 heavy (non-hydrogen) atoms. The molecule has 1 aliphatic carbocycles. The largest absolute Gasteiger partial charge is 0.444 e. The number of fused-ring (bicyclic) bond motifs is 1. The van der Waals surface area contributed by atoms with Crippen LogP contribution in [0.5, 0.6) is 0 Å². The van der Waals surface area contributed by atoms with Gasteiger partial charge in [-0.3, -0.25) is 0 Å². The van der Waals surface area contributed by atoms with E-state index in [0.717, 1.165) is 19.0 Å². The number of hydrogen-bond acceptors (Lipinski definition) is 4. The first-order chi connectivity index (χ1) is 9.92. The van der Waals surface area contributed by atoms with Gasteiger partial charge < -0.3 is 20.3 Å². The third-order valence-corrected chi connectivity index (χ3v) is 4.93. The molecule has 1 unspecified atom stereocenters. The number of amides is 1. The number of carbonyl (C=O) groups excluding carboxylic acids is 1. The molecule has 3 fully saturated rings. The average Bonchev–Trinajstić information content (AvgIpc) is 2.83. The molecule has 3 rings (SSSR count). The van der Waals surface area contributed by atoms with Crippen LogP contribution < -0.4 is 10.6 Å². The minimum Gasteiger partial charge on any atom is -0.444 e. The highest BCUT2D eigenvalue weighted by Gasteiger charge is 2.56. The molecule has 1 saturated carbocycles. The van der Waals surface area contributed by atoms with E-state index in [0.29, 0.717) is 17.9 Å². The molecule has 2 N–H and O–H groups in total. The van der Waals surface area contributed by atoms with Crippen LogP contribution in [0.3, 0.4) is 0 Å². The summed E-state index contributed by atoms with van der Waals surface area (Å²) >= 11 is 0. The number of rotatable bonds is 3. The van der Waals surface area contributed by atoms with Gasteiger partial charge in [-0.2, -0.15) is 0 Å². The Balaban J connectivity index is 1.37. The molecule has 2 saturated heterocycles. The Kier molecular flexibility index (Phi) is 4.14. The Morgan fingerprint density at radius 1 is 1.24 bits per heavy atom. The molecule has 0 aromatic rings. The van der Waals surface area contributed by atoms with Crippen molar-refractivity contribution < 1.29 is 9.53 Å². The summed E-state index contributed by atoms with van der Waals surface area (Å²) in [6.45, 7) is 11.6. The van der Waals surface area contributed by atoms with Gasteiger partial charge in [0.1, 0.15) is 5.60 Å². The minimum absolute atomic E-state index is 0.258. The fraction of sp³-hybridized carbons (Fsp3) is 0.938. The van der Waals surface area contributed by atoms with E-state index in [1.54, 1.807) is 0 Å². The SMILES string of the molecule is CC(C)(C)OC(=O)NC1[C@H]2CN(CC3CCNCC3)C[C@@H]12. The van der Waals surface area contributed by atoms with Crippen LogP contribution in [0.2, 0.25) is 0 Å². The maximum atomic E-state index is 11.8. The molecular weight excluding hydrogens is 266 g/mol. The topological polar surface area (TPSA) is 53.6 Å². The van der Waals surface area contributed by atoms with E-state index in [-0.39, 0.29) is 6.09 Å². The Morgan fingerprint density at radius 3 is 2.43 bits per heavy atom. The molecule has 0 aromatic carbocycles. The first-order valence-corrected chi connectivity index (χ1v) is 8.35. The Labute approximate surface area is 127 Å². The van der Waals surface area contributed by atoms with E-state index in [4.69, 9.17) is 4.74 Å². The molecule has 0 aromatic heterocycles. The second-order valence-electron chi connectivity index (χ2n) is 7.91. The van der Waals surface area contributed by atoms with E-state index in [1.807, 2.05) is 20.8 Å². The van der Waals surface area contributed by atoms with Gasteiger partial charge in [-0.05, 0) is 64.5 Å². The maximum Gasteiger partial charge on any atom is 0.407 e. The number of carbonyl (C=O) groups is 1. The van der Waals surface area contributed by atoms with E-state index in [9.17, 15) is 4.79 Å². The van der Waals surface area contributed by atoms with Gasteiger partial charge in [0, 0.05) is 25.7 Å². The van der Waals surface area contributed by atoms with Gasteiger partial charge in [0.25, 0.3) is 0 Å². The van der Waals surface area contributed by atoms with E-state index in [1.165, 1.54) is 32.5 Å². The lowest BCUT2D eigenvalue weighted by atomic mass is 9.97. The van der Waals surface area contributed by atoms with Crippen molar-refractivity contribution in [3.63, 3.8) is 0 Å². The summed E-state index contributed by atoms with van der Waals surface area (Å²) in [5.74, 6) is 2.17. The van der Waals surface area contributed by atoms with Crippen molar-refractivity contribution >= 4 is 6.09 Å². The summed E-state index contributed by atoms with van der Waals surface area (Å²) in [7, 11) is 0. The van der Waals surface area contributed by atoms with E-state index >= 15 is 0 Å². The van der Waals surface area contributed by atoms with Crippen molar-refractivity contribution in [1.82, 2.24) is 15.5 Å². The Morgan fingerprint density at radius 2 is 1.86 bits per heavy atom. The van der Waals surface area contributed by atoms with Crippen LogP contribution >= 0.6 is 0 Å². The van der Waals surface area contributed by atoms with Crippen LogP contribution in [-0.4, -0.2) is 55.4 Å². The minimum atomic E-state index is -0.408. The van der Waals surface area contributed by atoms with Crippen LogP contribution in [0, 0.1) is 17.8 Å². The van der Waals surface area contributed by atoms with Crippen LogP contribution in [0.25, 0.3) is 0 Å². The molecule has 2 aliphatic heterocycles. The zero-order valence-corrected chi connectivity index (χ0v) is 13.5. The third-order valence-electron chi connectivity index (χ3n) is 4.93. The summed E-state index contributed by atoms with van der Waals surface area (Å²) in [5, 5.41) is 6.46. The van der Waals surface area contributed by atoms with Crippen molar-refractivity contribution in [3.8, 4) is 0 Å². The second-order valence-corrected chi connectivity index (χ2v) is 7.91. The number of likely N-dealkylation sites (tertiary alicyclic amines) is 1. The van der Waals surface area contributed by atoms with E-state index < -0.39 is 5.60 Å². The summed E-state index contributed by atoms with van der Waals surface area (Å²) in [5.41, 5.74) is -0.408. The van der Waals surface area contributed by atoms with Gasteiger partial charge in [0.15, 0.2) is 0 Å². The molecule has 5 nitrogen and oxygen atoms in total. The van der Waals surface area contributed by atoms with Crippen molar-refractivity contribution in [2.75, 3.05) is 32.7 Å². The molecule has 0 spiro atoms. The van der Waals surface area contributed by atoms with Crippen molar-refractivity contribution in [1.29, 1.82) is 0 Å². The van der Waals surface area contributed by atoms with Crippen molar-refractivity contribution in [3.05, 3.63) is 0 Å². The van der Waals surface area contributed by atoms with Gasteiger partial charge in [0.2, 0.25) is 0 Å². The number of nitrogens with zero attached hydrogens (tertiary/aromatic N) is 1. The highest BCUT2D eigenvalue weighted by molar-refractivity contribution is 5.68. The predicted octanol–water partition coefficient (Wildman–Crippen LogP) is 1.44. The quantitative estimate of drug-likeness (QED) is 0.827. The average molecular weight is 295 g/mol. The molecule has 3 aliphatic rings. The first-order valence-electron chi connectivity index (χ1n) is 8.35. The number of hydrogen-bond donors (Lipinski definition) is 2. The number of nitrogens with one attached hydrogen (secondary N) is 2. The summed E-state index contributed by atoms with van der Waals surface area (Å²) < 4.78 is 5.33. The van der Waals surface area contributed by atoms with Crippen LogP contribution in [0.1, 0.15) is 33.6 Å². The molecule has 120 valence electrons. The lowest BCUT2D eigenvalue weighted by Crippen LogP contribution is -2.40. The monoisotopic (exact) mass is 295 g/mol. The fourth-order valence-electron chi connectivity index (χ4n) is 3.85. The number of piperidine rings is 2. The first kappa shape index (κ1) is 15.1. The summed E-state index contributed by atoms with van der Waals surface area (Å²) in [6.07, 6.45) is 2.36. The molecule has 5 heteroatoms. The smallest absolute Gasteiger partial charge is 0.407 e. The van der Waals surface area contributed by atoms with E-state index in [2.05, 4.69) is 15.5 Å². The molecule has 1 amide bonds. The molecule has 0 bridgehead atoms. The predicted molar refractivity (Wildman–Crippen MR) is 82.2 cm³/mol. The molecular formula is C16H29N3O2. The van der Waals surface area contributed by atoms with Crippen molar-refractivity contribution in [2.45, 2.75) is 45.3 Å². The van der Waals surface area contributed by atoms with Gasteiger partial charge in [-0.25, -0.2) is 4.79 Å². The Bertz CT molecular complexity index is 375. The second kappa shape index (κ2) is 5.76.